The van der Waals surface area contributed by atoms with Crippen LogP contribution >= 0.6 is 0 Å². The highest BCUT2D eigenvalue weighted by atomic mass is 16.6. The van der Waals surface area contributed by atoms with Gasteiger partial charge in [-0.1, -0.05) is 24.3 Å². The fraction of sp³-hybridized carbons (Fsp3) is 0.393. The van der Waals surface area contributed by atoms with Crippen molar-refractivity contribution in [1.29, 1.82) is 0 Å². The minimum absolute atomic E-state index is 0.263. The Kier molecular flexibility index (Phi) is 8.26. The van der Waals surface area contributed by atoms with Gasteiger partial charge in [-0.05, 0) is 87.5 Å². The average molecular weight is 459 g/mol. The molecule has 0 unspecified atom stereocenters. The summed E-state index contributed by atoms with van der Waals surface area (Å²) >= 11 is 0. The van der Waals surface area contributed by atoms with Crippen molar-refractivity contribution in [3.8, 4) is 5.75 Å². The highest BCUT2D eigenvalue weighted by Crippen LogP contribution is 2.16. The number of nitrogens with zero attached hydrogens (tertiary/aromatic N) is 4. The maximum atomic E-state index is 12.6. The van der Waals surface area contributed by atoms with Gasteiger partial charge in [0, 0.05) is 49.5 Å². The second kappa shape index (κ2) is 11.7. The van der Waals surface area contributed by atoms with E-state index in [-0.39, 0.29) is 6.09 Å². The third-order valence-electron chi connectivity index (χ3n) is 6.38. The zero-order chi connectivity index (χ0) is 23.8. The number of carbonyl (C=O) groups is 1. The summed E-state index contributed by atoms with van der Waals surface area (Å²) in [4.78, 5) is 25.9. The average Bonchev–Trinajstić information content (AvgIpc) is 2.85. The summed E-state index contributed by atoms with van der Waals surface area (Å²) in [6.07, 6.45) is 5.45. The molecule has 3 aromatic rings. The number of pyridine rings is 2. The SMILES string of the molecule is Cc1cccc(CCCN2CCN(C(=O)Oc3ccc(CCc4ncccc4C)cc3)CC2)n1. The molecule has 34 heavy (non-hydrogen) atoms. The summed E-state index contributed by atoms with van der Waals surface area (Å²) in [7, 11) is 0. The van der Waals surface area contributed by atoms with E-state index in [1.807, 2.05) is 49.5 Å². The van der Waals surface area contributed by atoms with Crippen LogP contribution in [0.15, 0.2) is 60.8 Å². The molecule has 3 heterocycles. The van der Waals surface area contributed by atoms with Crippen LogP contribution in [0.4, 0.5) is 4.79 Å². The lowest BCUT2D eigenvalue weighted by atomic mass is 10.1. The maximum Gasteiger partial charge on any atom is 0.415 e. The van der Waals surface area contributed by atoms with E-state index >= 15 is 0 Å². The summed E-state index contributed by atoms with van der Waals surface area (Å²) in [6, 6.07) is 18.1. The Labute approximate surface area is 202 Å². The monoisotopic (exact) mass is 458 g/mol. The zero-order valence-electron chi connectivity index (χ0n) is 20.2. The van der Waals surface area contributed by atoms with Crippen LogP contribution in [0.3, 0.4) is 0 Å². The molecule has 6 nitrogen and oxygen atoms in total. The summed E-state index contributed by atoms with van der Waals surface area (Å²) in [5, 5.41) is 0. The molecule has 4 rings (SSSR count). The molecule has 0 radical (unpaired) electrons. The van der Waals surface area contributed by atoms with E-state index in [1.54, 1.807) is 4.90 Å². The molecule has 6 heteroatoms. The normalized spacial score (nSPS) is 14.2. The van der Waals surface area contributed by atoms with Gasteiger partial charge in [0.05, 0.1) is 0 Å². The van der Waals surface area contributed by atoms with Crippen molar-refractivity contribution < 1.29 is 9.53 Å². The first-order valence-corrected chi connectivity index (χ1v) is 12.2. The van der Waals surface area contributed by atoms with E-state index in [9.17, 15) is 4.79 Å². The van der Waals surface area contributed by atoms with Crippen LogP contribution in [0.25, 0.3) is 0 Å². The Bertz CT molecular complexity index is 1080. The largest absolute Gasteiger partial charge is 0.415 e. The fourth-order valence-electron chi connectivity index (χ4n) is 4.31. The Morgan fingerprint density at radius 2 is 1.71 bits per heavy atom. The van der Waals surface area contributed by atoms with E-state index in [2.05, 4.69) is 40.0 Å². The number of amides is 1. The summed E-state index contributed by atoms with van der Waals surface area (Å²) in [5.74, 6) is 0.593. The summed E-state index contributed by atoms with van der Waals surface area (Å²) in [6.45, 7) is 8.29. The van der Waals surface area contributed by atoms with E-state index in [1.165, 1.54) is 11.1 Å². The van der Waals surface area contributed by atoms with Gasteiger partial charge in [0.2, 0.25) is 0 Å². The highest BCUT2D eigenvalue weighted by molar-refractivity contribution is 5.70. The maximum absolute atomic E-state index is 12.6. The van der Waals surface area contributed by atoms with Crippen molar-refractivity contribution in [2.24, 2.45) is 0 Å². The predicted molar refractivity (Wildman–Crippen MR) is 134 cm³/mol. The summed E-state index contributed by atoms with van der Waals surface area (Å²) < 4.78 is 5.62. The third kappa shape index (κ3) is 6.87. The van der Waals surface area contributed by atoms with Gasteiger partial charge in [-0.3, -0.25) is 14.9 Å². The van der Waals surface area contributed by atoms with Crippen molar-refractivity contribution >= 4 is 6.09 Å². The van der Waals surface area contributed by atoms with E-state index in [0.29, 0.717) is 18.8 Å². The van der Waals surface area contributed by atoms with Gasteiger partial charge in [0.15, 0.2) is 0 Å². The number of aromatic nitrogens is 2. The van der Waals surface area contributed by atoms with Crippen molar-refractivity contribution in [2.75, 3.05) is 32.7 Å². The molecule has 1 aliphatic rings. The van der Waals surface area contributed by atoms with Gasteiger partial charge in [-0.15, -0.1) is 0 Å². The number of ether oxygens (including phenoxy) is 1. The molecule has 0 aliphatic carbocycles. The fourth-order valence-corrected chi connectivity index (χ4v) is 4.31. The summed E-state index contributed by atoms with van der Waals surface area (Å²) in [5.41, 5.74) is 5.78. The van der Waals surface area contributed by atoms with Crippen LogP contribution in [0.1, 0.15) is 34.6 Å². The van der Waals surface area contributed by atoms with Gasteiger partial charge in [0.25, 0.3) is 0 Å². The first-order chi connectivity index (χ1) is 16.6. The van der Waals surface area contributed by atoms with Gasteiger partial charge < -0.3 is 9.64 Å². The molecule has 1 aromatic carbocycles. The first-order valence-electron chi connectivity index (χ1n) is 12.2. The Morgan fingerprint density at radius 1 is 0.912 bits per heavy atom. The van der Waals surface area contributed by atoms with Crippen molar-refractivity contribution in [3.63, 3.8) is 0 Å². The van der Waals surface area contributed by atoms with Gasteiger partial charge in [-0.2, -0.15) is 0 Å². The Balaban J connectivity index is 1.17. The Hall–Kier alpha value is -3.25. The van der Waals surface area contributed by atoms with E-state index in [0.717, 1.165) is 62.4 Å². The topological polar surface area (TPSA) is 58.6 Å². The molecule has 0 spiro atoms. The van der Waals surface area contributed by atoms with Crippen LogP contribution in [0.2, 0.25) is 0 Å². The van der Waals surface area contributed by atoms with Gasteiger partial charge in [0.1, 0.15) is 5.75 Å². The lowest BCUT2D eigenvalue weighted by Gasteiger charge is -2.34. The van der Waals surface area contributed by atoms with Gasteiger partial charge in [-0.25, -0.2) is 4.79 Å². The van der Waals surface area contributed by atoms with Crippen LogP contribution in [-0.2, 0) is 19.3 Å². The molecule has 0 N–H and O–H groups in total. The van der Waals surface area contributed by atoms with Gasteiger partial charge >= 0.3 is 6.09 Å². The quantitative estimate of drug-likeness (QED) is 0.493. The number of piperazine rings is 1. The molecule has 0 saturated carbocycles. The molecule has 1 amide bonds. The number of aryl methyl sites for hydroxylation is 5. The number of rotatable bonds is 8. The zero-order valence-corrected chi connectivity index (χ0v) is 20.2. The second-order valence-corrected chi connectivity index (χ2v) is 8.98. The van der Waals surface area contributed by atoms with E-state index < -0.39 is 0 Å². The number of hydrogen-bond acceptors (Lipinski definition) is 5. The predicted octanol–water partition coefficient (Wildman–Crippen LogP) is 4.63. The third-order valence-corrected chi connectivity index (χ3v) is 6.38. The standard InChI is InChI=1S/C28H34N4O2/c1-22-6-4-16-29-27(22)15-12-24-10-13-26(14-11-24)34-28(33)32-20-18-31(19-21-32)17-5-9-25-8-3-7-23(2)30-25/h3-4,6-8,10-11,13-14,16H,5,9,12,15,17-21H2,1-2H3. The lowest BCUT2D eigenvalue weighted by molar-refractivity contribution is 0.110. The van der Waals surface area contributed by atoms with Crippen LogP contribution in [0, 0.1) is 13.8 Å². The second-order valence-electron chi connectivity index (χ2n) is 8.98. The number of hydrogen-bond donors (Lipinski definition) is 0. The highest BCUT2D eigenvalue weighted by Gasteiger charge is 2.22. The lowest BCUT2D eigenvalue weighted by Crippen LogP contribution is -2.49. The molecule has 1 aliphatic heterocycles. The number of benzene rings is 1. The van der Waals surface area contributed by atoms with Crippen LogP contribution in [-0.4, -0.2) is 58.6 Å². The van der Waals surface area contributed by atoms with Crippen LogP contribution in [0.5, 0.6) is 5.75 Å². The smallest absolute Gasteiger partial charge is 0.410 e. The molecular weight excluding hydrogens is 424 g/mol. The molecule has 178 valence electrons. The molecule has 1 fully saturated rings. The minimum atomic E-state index is -0.263. The first kappa shape index (κ1) is 23.9. The molecule has 1 saturated heterocycles. The van der Waals surface area contributed by atoms with Crippen molar-refractivity contribution in [3.05, 3.63) is 89.0 Å². The Morgan fingerprint density at radius 3 is 2.44 bits per heavy atom. The molecule has 0 atom stereocenters. The van der Waals surface area contributed by atoms with Crippen molar-refractivity contribution in [2.45, 2.75) is 39.5 Å². The number of carbonyl (C=O) groups excluding carboxylic acids is 1. The minimum Gasteiger partial charge on any atom is -0.410 e. The molecule has 0 bridgehead atoms. The molecular formula is C28H34N4O2. The van der Waals surface area contributed by atoms with E-state index in [4.69, 9.17) is 4.74 Å². The van der Waals surface area contributed by atoms with Crippen molar-refractivity contribution in [1.82, 2.24) is 19.8 Å². The van der Waals surface area contributed by atoms with Crippen LogP contribution < -0.4 is 4.74 Å². The molecule has 2 aromatic heterocycles.